The van der Waals surface area contributed by atoms with Crippen LogP contribution < -0.4 is 10.6 Å². The summed E-state index contributed by atoms with van der Waals surface area (Å²) in [5, 5.41) is 0. The van der Waals surface area contributed by atoms with Gasteiger partial charge in [0, 0.05) is 55.0 Å². The van der Waals surface area contributed by atoms with E-state index < -0.39 is 0 Å². The first-order chi connectivity index (χ1) is 39.2. The number of rotatable bonds is 8. The van der Waals surface area contributed by atoms with Crippen LogP contribution in [-0.2, 0) is 0 Å². The molecular weight excluding hydrogens is 1060 g/mol. The van der Waals surface area contributed by atoms with E-state index in [0.29, 0.717) is 29.5 Å². The van der Waals surface area contributed by atoms with Gasteiger partial charge >= 0.3 is 0 Å². The first-order valence-corrected chi connectivity index (χ1v) is 26.5. The third kappa shape index (κ3) is 10.3. The number of hydrogen-bond acceptors (Lipinski definition) is 12. The van der Waals surface area contributed by atoms with Gasteiger partial charge < -0.3 is 32.7 Å². The normalized spacial score (nSPS) is 11.2. The number of benzene rings is 10. The second kappa shape index (κ2) is 21.2. The smallest absolute Gasteiger partial charge is 0.227 e. The molecule has 15 aromatic rings. The SMILES string of the molecule is Brc1ccc(-c2nc3ccccc3o2)cc1.Cc1ccc2oc(-c3ccc(N(c4ccc(-c5nc6ccccc6o5)cc4)c4ccc(-c5nc6ccccc6o5)cc4)cc3)nc2c1.Cc1ccc2oc(-c3ccc(N)cc3)nc2c1. The van der Waals surface area contributed by atoms with Crippen molar-refractivity contribution in [3.63, 3.8) is 0 Å². The number of nitrogens with zero attached hydrogens (tertiary/aromatic N) is 6. The van der Waals surface area contributed by atoms with Gasteiger partial charge in [-0.15, -0.1) is 0 Å². The second-order valence-corrected chi connectivity index (χ2v) is 20.0. The molecular formula is C67H46BrN7O5. The molecule has 5 aromatic heterocycles. The van der Waals surface area contributed by atoms with Crippen LogP contribution >= 0.6 is 15.9 Å². The predicted octanol–water partition coefficient (Wildman–Crippen LogP) is 18.5. The molecule has 0 fully saturated rings. The standard InChI is InChI=1S/C40H26N4O3.C14H12N2O.C13H8BrNO/c1-25-10-23-37-34(24-25)43-40(47-37)28-15-21-31(22-16-28)44(29-17-11-26(12-18-29)38-41-32-6-2-4-8-35(32)45-38)30-19-13-27(14-20-30)39-42-33-7-3-5-9-36(33)46-39;1-9-2-7-13-12(8-9)16-14(17-13)10-3-5-11(15)6-4-10;14-10-7-5-9(6-8-10)13-15-11-3-1-2-4-12(11)16-13/h2-24H,1H3;2-8H,15H2,1H3;1-8H. The number of anilines is 4. The van der Waals surface area contributed by atoms with Crippen LogP contribution in [0.15, 0.2) is 257 Å². The maximum atomic E-state index is 6.08. The van der Waals surface area contributed by atoms with Crippen molar-refractivity contribution in [1.29, 1.82) is 0 Å². The Balaban J connectivity index is 0.000000148. The predicted molar refractivity (Wildman–Crippen MR) is 321 cm³/mol. The maximum absolute atomic E-state index is 6.08. The molecule has 386 valence electrons. The van der Waals surface area contributed by atoms with Crippen molar-refractivity contribution in [3.8, 4) is 57.3 Å². The molecule has 0 atom stereocenters. The van der Waals surface area contributed by atoms with E-state index in [1.54, 1.807) is 0 Å². The molecule has 0 amide bonds. The quantitative estimate of drug-likeness (QED) is 0.144. The minimum atomic E-state index is 0.588. The summed E-state index contributed by atoms with van der Waals surface area (Å²) in [7, 11) is 0. The molecule has 10 aromatic carbocycles. The highest BCUT2D eigenvalue weighted by molar-refractivity contribution is 9.10. The van der Waals surface area contributed by atoms with Crippen LogP contribution in [0, 0.1) is 13.8 Å². The van der Waals surface area contributed by atoms with Crippen LogP contribution in [0.2, 0.25) is 0 Å². The Kier molecular flexibility index (Phi) is 13.1. The lowest BCUT2D eigenvalue weighted by Crippen LogP contribution is -2.09. The summed E-state index contributed by atoms with van der Waals surface area (Å²) < 4.78 is 30.6. The number of aryl methyl sites for hydroxylation is 2. The molecule has 0 aliphatic rings. The fourth-order valence-electron chi connectivity index (χ4n) is 9.23. The van der Waals surface area contributed by atoms with Crippen LogP contribution in [0.4, 0.5) is 22.7 Å². The number of hydrogen-bond donors (Lipinski definition) is 1. The van der Waals surface area contributed by atoms with Gasteiger partial charge in [0.05, 0.1) is 0 Å². The van der Waals surface area contributed by atoms with Gasteiger partial charge in [0.2, 0.25) is 29.5 Å². The molecule has 5 heterocycles. The fourth-order valence-corrected chi connectivity index (χ4v) is 9.50. The monoisotopic (exact) mass is 1110 g/mol. The Bertz CT molecular complexity index is 4420. The van der Waals surface area contributed by atoms with Gasteiger partial charge in [-0.25, -0.2) is 24.9 Å². The summed E-state index contributed by atoms with van der Waals surface area (Å²) in [5.74, 6) is 3.06. The van der Waals surface area contributed by atoms with Crippen LogP contribution in [-0.4, -0.2) is 24.9 Å². The number of nitrogens with two attached hydrogens (primary N) is 1. The lowest BCUT2D eigenvalue weighted by molar-refractivity contribution is 0.619. The molecule has 0 radical (unpaired) electrons. The average molecular weight is 1110 g/mol. The first-order valence-electron chi connectivity index (χ1n) is 25.7. The highest BCUT2D eigenvalue weighted by atomic mass is 79.9. The number of para-hydroxylation sites is 6. The Morgan fingerprint density at radius 1 is 0.312 bits per heavy atom. The molecule has 0 aliphatic heterocycles. The van der Waals surface area contributed by atoms with Crippen molar-refractivity contribution in [2.24, 2.45) is 0 Å². The topological polar surface area (TPSA) is 159 Å². The molecule has 0 spiro atoms. The first kappa shape index (κ1) is 49.2. The summed E-state index contributed by atoms with van der Waals surface area (Å²) in [6.07, 6.45) is 0. The van der Waals surface area contributed by atoms with E-state index in [4.69, 9.17) is 32.8 Å². The minimum absolute atomic E-state index is 0.588. The zero-order valence-electron chi connectivity index (χ0n) is 43.1. The summed E-state index contributed by atoms with van der Waals surface area (Å²) in [6.45, 7) is 4.09. The van der Waals surface area contributed by atoms with Gasteiger partial charge in [0.1, 0.15) is 27.6 Å². The van der Waals surface area contributed by atoms with Crippen LogP contribution in [0.5, 0.6) is 0 Å². The zero-order valence-corrected chi connectivity index (χ0v) is 44.7. The number of halogens is 1. The Morgan fingerprint density at radius 3 is 0.912 bits per heavy atom. The van der Waals surface area contributed by atoms with Crippen LogP contribution in [0.25, 0.3) is 113 Å². The molecule has 2 N–H and O–H groups in total. The van der Waals surface area contributed by atoms with Crippen molar-refractivity contribution in [1.82, 2.24) is 24.9 Å². The second-order valence-electron chi connectivity index (χ2n) is 19.0. The average Bonchev–Trinajstić information content (AvgIpc) is 4.36. The van der Waals surface area contributed by atoms with Gasteiger partial charge in [-0.2, -0.15) is 0 Å². The van der Waals surface area contributed by atoms with E-state index in [-0.39, 0.29) is 0 Å². The molecule has 0 saturated carbocycles. The van der Waals surface area contributed by atoms with E-state index in [1.807, 2.05) is 201 Å². The van der Waals surface area contributed by atoms with Crippen molar-refractivity contribution in [2.75, 3.05) is 10.6 Å². The third-order valence-electron chi connectivity index (χ3n) is 13.3. The Hall–Kier alpha value is -10.4. The van der Waals surface area contributed by atoms with Gasteiger partial charge in [0.15, 0.2) is 27.9 Å². The van der Waals surface area contributed by atoms with Crippen molar-refractivity contribution >= 4 is 94.2 Å². The lowest BCUT2D eigenvalue weighted by atomic mass is 10.1. The molecule has 0 aliphatic carbocycles. The zero-order chi connectivity index (χ0) is 54.1. The van der Waals surface area contributed by atoms with Crippen LogP contribution in [0.3, 0.4) is 0 Å². The third-order valence-corrected chi connectivity index (χ3v) is 13.9. The van der Waals surface area contributed by atoms with Gasteiger partial charge in [-0.1, -0.05) is 64.5 Å². The number of nitrogen functional groups attached to an aromatic ring is 1. The largest absolute Gasteiger partial charge is 0.436 e. The number of aromatic nitrogens is 5. The van der Waals surface area contributed by atoms with E-state index >= 15 is 0 Å². The fraction of sp³-hybridized carbons (Fsp3) is 0.0299. The molecule has 13 heteroatoms. The van der Waals surface area contributed by atoms with E-state index in [9.17, 15) is 0 Å². The molecule has 0 unspecified atom stereocenters. The van der Waals surface area contributed by atoms with Crippen LogP contribution in [0.1, 0.15) is 11.1 Å². The van der Waals surface area contributed by atoms with Crippen molar-refractivity contribution in [2.45, 2.75) is 13.8 Å². The highest BCUT2D eigenvalue weighted by Gasteiger charge is 2.18. The summed E-state index contributed by atoms with van der Waals surface area (Å²) in [5.41, 5.74) is 24.5. The summed E-state index contributed by atoms with van der Waals surface area (Å²) in [6, 6.07) is 75.5. The maximum Gasteiger partial charge on any atom is 0.227 e. The van der Waals surface area contributed by atoms with Gasteiger partial charge in [-0.05, 0) is 207 Å². The highest BCUT2D eigenvalue weighted by Crippen LogP contribution is 2.39. The number of oxazole rings is 5. The summed E-state index contributed by atoms with van der Waals surface area (Å²) in [4.78, 5) is 25.2. The van der Waals surface area contributed by atoms with Crippen molar-refractivity contribution in [3.05, 3.63) is 246 Å². The molecule has 0 saturated heterocycles. The van der Waals surface area contributed by atoms with Gasteiger partial charge in [-0.3, -0.25) is 0 Å². The van der Waals surface area contributed by atoms with Gasteiger partial charge in [0.25, 0.3) is 0 Å². The molecule has 12 nitrogen and oxygen atoms in total. The number of fused-ring (bicyclic) bond motifs is 5. The van der Waals surface area contributed by atoms with Crippen molar-refractivity contribution < 1.29 is 22.1 Å². The van der Waals surface area contributed by atoms with E-state index in [1.165, 1.54) is 5.56 Å². The summed E-state index contributed by atoms with van der Waals surface area (Å²) >= 11 is 3.40. The van der Waals surface area contributed by atoms with E-state index in [2.05, 4.69) is 84.1 Å². The minimum Gasteiger partial charge on any atom is -0.436 e. The Morgan fingerprint density at radius 2 is 0.588 bits per heavy atom. The van der Waals surface area contributed by atoms with E-state index in [0.717, 1.165) is 116 Å². The molecule has 0 bridgehead atoms. The molecule has 15 rings (SSSR count). The Labute approximate surface area is 466 Å². The lowest BCUT2D eigenvalue weighted by Gasteiger charge is -2.26. The molecule has 80 heavy (non-hydrogen) atoms.